The van der Waals surface area contributed by atoms with Crippen LogP contribution in [0.25, 0.3) is 10.9 Å². The first kappa shape index (κ1) is 21.5. The fourth-order valence-electron chi connectivity index (χ4n) is 3.40. The number of rotatable bonds is 10. The van der Waals surface area contributed by atoms with Gasteiger partial charge in [-0.15, -0.1) is 10.2 Å². The number of methoxy groups -OCH3 is 2. The second kappa shape index (κ2) is 10.5. The zero-order valence-electron chi connectivity index (χ0n) is 18.2. The summed E-state index contributed by atoms with van der Waals surface area (Å²) in [6.45, 7) is 4.46. The van der Waals surface area contributed by atoms with Gasteiger partial charge in [-0.1, -0.05) is 6.92 Å². The molecule has 3 N–H and O–H groups in total. The lowest BCUT2D eigenvalue weighted by molar-refractivity contribution is 0.398. The van der Waals surface area contributed by atoms with E-state index in [1.807, 2.05) is 12.1 Å². The van der Waals surface area contributed by atoms with Crippen molar-refractivity contribution in [2.24, 2.45) is 4.99 Å². The minimum Gasteiger partial charge on any atom is -0.497 e. The van der Waals surface area contributed by atoms with Gasteiger partial charge >= 0.3 is 0 Å². The minimum absolute atomic E-state index is 0.758. The Balaban J connectivity index is 1.45. The first-order valence-corrected chi connectivity index (χ1v) is 10.2. The molecule has 0 aliphatic carbocycles. The van der Waals surface area contributed by atoms with E-state index in [0.29, 0.717) is 0 Å². The van der Waals surface area contributed by atoms with E-state index in [4.69, 9.17) is 9.47 Å². The second-order valence-electron chi connectivity index (χ2n) is 6.91. The summed E-state index contributed by atoms with van der Waals surface area (Å²) in [6, 6.07) is 6.04. The van der Waals surface area contributed by atoms with Crippen molar-refractivity contribution in [2.45, 2.75) is 32.7 Å². The van der Waals surface area contributed by atoms with Gasteiger partial charge in [0.2, 0.25) is 0 Å². The molecule has 9 heteroatoms. The van der Waals surface area contributed by atoms with Crippen molar-refractivity contribution in [3.05, 3.63) is 36.0 Å². The Hall–Kier alpha value is -3.23. The van der Waals surface area contributed by atoms with Gasteiger partial charge in [0.25, 0.3) is 0 Å². The zero-order chi connectivity index (χ0) is 21.3. The van der Waals surface area contributed by atoms with Crippen LogP contribution in [-0.2, 0) is 19.4 Å². The number of aliphatic imine (C=N–C) groups is 1. The second-order valence-corrected chi connectivity index (χ2v) is 6.91. The van der Waals surface area contributed by atoms with Crippen LogP contribution < -0.4 is 20.1 Å². The van der Waals surface area contributed by atoms with Gasteiger partial charge in [-0.05, 0) is 18.9 Å². The molecule has 2 heterocycles. The van der Waals surface area contributed by atoms with E-state index in [1.165, 1.54) is 5.69 Å². The molecule has 0 bridgehead atoms. The Kier molecular flexibility index (Phi) is 7.53. The van der Waals surface area contributed by atoms with E-state index in [2.05, 4.69) is 48.4 Å². The predicted molar refractivity (Wildman–Crippen MR) is 118 cm³/mol. The summed E-state index contributed by atoms with van der Waals surface area (Å²) in [7, 11) is 5.12. The first-order chi connectivity index (χ1) is 14.7. The molecule has 0 aliphatic heterocycles. The number of guanidine groups is 1. The molecule has 0 atom stereocenters. The van der Waals surface area contributed by atoms with E-state index in [-0.39, 0.29) is 0 Å². The van der Waals surface area contributed by atoms with Crippen LogP contribution in [0.1, 0.15) is 24.9 Å². The Bertz CT molecular complexity index is 977. The molecule has 0 fully saturated rings. The molecule has 9 nitrogen and oxygen atoms in total. The van der Waals surface area contributed by atoms with Crippen LogP contribution in [0.2, 0.25) is 0 Å². The number of hydrogen-bond donors (Lipinski definition) is 3. The average Bonchev–Trinajstić information content (AvgIpc) is 3.40. The van der Waals surface area contributed by atoms with Crippen LogP contribution in [0, 0.1) is 0 Å². The lowest BCUT2D eigenvalue weighted by Crippen LogP contribution is -2.39. The van der Waals surface area contributed by atoms with Crippen molar-refractivity contribution in [2.75, 3.05) is 34.4 Å². The number of aryl methyl sites for hydroxylation is 2. The Morgan fingerprint density at radius 1 is 1.17 bits per heavy atom. The van der Waals surface area contributed by atoms with Crippen molar-refractivity contribution in [3.8, 4) is 11.5 Å². The van der Waals surface area contributed by atoms with Crippen molar-refractivity contribution in [1.29, 1.82) is 0 Å². The zero-order valence-corrected chi connectivity index (χ0v) is 18.2. The molecule has 0 aliphatic rings. The highest BCUT2D eigenvalue weighted by Gasteiger charge is 2.09. The SMILES string of the molecule is CCc1nncn1CCNC(=NC)NCCCc1cc2c(OC)cc(OC)cc2[nH]1. The number of ether oxygens (including phenoxy) is 2. The molecule has 0 radical (unpaired) electrons. The average molecular weight is 414 g/mol. The van der Waals surface area contributed by atoms with Crippen molar-refractivity contribution in [3.63, 3.8) is 0 Å². The fraction of sp³-hybridized carbons (Fsp3) is 0.476. The number of nitrogens with zero attached hydrogens (tertiary/aromatic N) is 4. The van der Waals surface area contributed by atoms with Gasteiger partial charge in [-0.2, -0.15) is 0 Å². The summed E-state index contributed by atoms with van der Waals surface area (Å²) < 4.78 is 12.9. The number of aromatic amines is 1. The topological polar surface area (TPSA) is 101 Å². The fourth-order valence-corrected chi connectivity index (χ4v) is 3.40. The van der Waals surface area contributed by atoms with Crippen LogP contribution >= 0.6 is 0 Å². The highest BCUT2D eigenvalue weighted by molar-refractivity contribution is 5.88. The van der Waals surface area contributed by atoms with Crippen LogP contribution in [0.4, 0.5) is 0 Å². The maximum atomic E-state index is 5.49. The van der Waals surface area contributed by atoms with Gasteiger partial charge in [-0.3, -0.25) is 4.99 Å². The molecular formula is C21H31N7O2. The third kappa shape index (κ3) is 5.22. The summed E-state index contributed by atoms with van der Waals surface area (Å²) in [5.41, 5.74) is 2.19. The van der Waals surface area contributed by atoms with Crippen molar-refractivity contribution in [1.82, 2.24) is 30.4 Å². The Morgan fingerprint density at radius 2 is 2.00 bits per heavy atom. The molecular weight excluding hydrogens is 382 g/mol. The Labute approximate surface area is 176 Å². The minimum atomic E-state index is 0.758. The van der Waals surface area contributed by atoms with Gasteiger partial charge in [-0.25, -0.2) is 0 Å². The van der Waals surface area contributed by atoms with E-state index < -0.39 is 0 Å². The van der Waals surface area contributed by atoms with E-state index >= 15 is 0 Å². The van der Waals surface area contributed by atoms with Gasteiger partial charge in [0.05, 0.1) is 19.7 Å². The number of nitrogens with one attached hydrogen (secondary N) is 3. The number of benzene rings is 1. The molecule has 3 rings (SSSR count). The van der Waals surface area contributed by atoms with Gasteiger partial charge < -0.3 is 29.7 Å². The smallest absolute Gasteiger partial charge is 0.191 e. The van der Waals surface area contributed by atoms with Gasteiger partial charge in [0, 0.05) is 56.3 Å². The molecule has 0 saturated carbocycles. The molecule has 3 aromatic rings. The number of H-pyrrole nitrogens is 1. The lowest BCUT2D eigenvalue weighted by Gasteiger charge is -2.12. The quantitative estimate of drug-likeness (QED) is 0.267. The Morgan fingerprint density at radius 3 is 2.73 bits per heavy atom. The largest absolute Gasteiger partial charge is 0.497 e. The third-order valence-corrected chi connectivity index (χ3v) is 4.98. The summed E-state index contributed by atoms with van der Waals surface area (Å²) in [5, 5.41) is 15.8. The highest BCUT2D eigenvalue weighted by atomic mass is 16.5. The molecule has 0 unspecified atom stereocenters. The molecule has 2 aromatic heterocycles. The lowest BCUT2D eigenvalue weighted by atomic mass is 10.2. The van der Waals surface area contributed by atoms with E-state index in [0.717, 1.165) is 73.1 Å². The van der Waals surface area contributed by atoms with Crippen LogP contribution in [0.5, 0.6) is 11.5 Å². The molecule has 30 heavy (non-hydrogen) atoms. The number of aromatic nitrogens is 4. The van der Waals surface area contributed by atoms with Crippen molar-refractivity contribution < 1.29 is 9.47 Å². The molecule has 0 amide bonds. The van der Waals surface area contributed by atoms with Gasteiger partial charge in [0.1, 0.15) is 23.7 Å². The molecule has 1 aromatic carbocycles. The van der Waals surface area contributed by atoms with Crippen LogP contribution in [0.15, 0.2) is 29.5 Å². The standard InChI is InChI=1S/C21H31N7O2/c1-5-20-27-25-14-28(20)10-9-24-21(22-2)23-8-6-7-15-11-17-18(26-15)12-16(29-3)13-19(17)30-4/h11-14,26H,5-10H2,1-4H3,(H2,22,23,24). The normalized spacial score (nSPS) is 11.7. The molecule has 0 spiro atoms. The number of hydrogen-bond acceptors (Lipinski definition) is 5. The van der Waals surface area contributed by atoms with E-state index in [1.54, 1.807) is 27.6 Å². The van der Waals surface area contributed by atoms with Gasteiger partial charge in [0.15, 0.2) is 5.96 Å². The maximum absolute atomic E-state index is 5.49. The molecule has 0 saturated heterocycles. The summed E-state index contributed by atoms with van der Waals surface area (Å²) in [6.07, 6.45) is 4.53. The van der Waals surface area contributed by atoms with E-state index in [9.17, 15) is 0 Å². The third-order valence-electron chi connectivity index (χ3n) is 4.98. The van der Waals surface area contributed by atoms with Crippen molar-refractivity contribution >= 4 is 16.9 Å². The number of fused-ring (bicyclic) bond motifs is 1. The van der Waals surface area contributed by atoms with Crippen LogP contribution in [-0.4, -0.2) is 60.1 Å². The maximum Gasteiger partial charge on any atom is 0.191 e. The monoisotopic (exact) mass is 413 g/mol. The summed E-state index contributed by atoms with van der Waals surface area (Å²) in [4.78, 5) is 7.75. The van der Waals surface area contributed by atoms with Crippen LogP contribution in [0.3, 0.4) is 0 Å². The molecule has 162 valence electrons. The summed E-state index contributed by atoms with van der Waals surface area (Å²) in [5.74, 6) is 3.38. The predicted octanol–water partition coefficient (Wildman–Crippen LogP) is 2.14. The first-order valence-electron chi connectivity index (χ1n) is 10.2. The highest BCUT2D eigenvalue weighted by Crippen LogP contribution is 2.31. The summed E-state index contributed by atoms with van der Waals surface area (Å²) >= 11 is 0.